The summed E-state index contributed by atoms with van der Waals surface area (Å²) in [5.41, 5.74) is 1.32. The Labute approximate surface area is 126 Å². The Morgan fingerprint density at radius 3 is 2.57 bits per heavy atom. The lowest BCUT2D eigenvalue weighted by Crippen LogP contribution is -2.46. The monoisotopic (exact) mass is 304 g/mol. The van der Waals surface area contributed by atoms with Gasteiger partial charge in [-0.3, -0.25) is 0 Å². The number of nitrogens with zero attached hydrogens (tertiary/aromatic N) is 2. The fourth-order valence-corrected chi connectivity index (χ4v) is 5.60. The minimum atomic E-state index is -3.26. The van der Waals surface area contributed by atoms with Crippen molar-refractivity contribution in [2.45, 2.75) is 43.9 Å². The number of fused-ring (bicyclic) bond motifs is 1. The Kier molecular flexibility index (Phi) is 4.01. The highest BCUT2D eigenvalue weighted by Gasteiger charge is 2.40. The lowest BCUT2D eigenvalue weighted by atomic mass is 9.94. The molecule has 0 aromatic heterocycles. The highest BCUT2D eigenvalue weighted by atomic mass is 32.2. The van der Waals surface area contributed by atoms with Crippen molar-refractivity contribution in [3.8, 4) is 6.07 Å². The second-order valence-electron chi connectivity index (χ2n) is 6.08. The first kappa shape index (κ1) is 14.6. The van der Waals surface area contributed by atoms with Gasteiger partial charge in [0.1, 0.15) is 0 Å². The van der Waals surface area contributed by atoms with Crippen molar-refractivity contribution in [2.75, 3.05) is 6.54 Å². The number of nitriles is 1. The first-order valence-corrected chi connectivity index (χ1v) is 9.19. The van der Waals surface area contributed by atoms with Crippen molar-refractivity contribution < 1.29 is 8.42 Å². The maximum absolute atomic E-state index is 12.7. The van der Waals surface area contributed by atoms with E-state index in [0.717, 1.165) is 24.8 Å². The largest absolute Gasteiger partial charge is 0.218 e. The molecule has 0 spiro atoms. The minimum absolute atomic E-state index is 0.0436. The molecule has 1 saturated heterocycles. The zero-order valence-electron chi connectivity index (χ0n) is 12.0. The molecule has 1 saturated carbocycles. The molecule has 3 rings (SSSR count). The van der Waals surface area contributed by atoms with Crippen LogP contribution in [-0.4, -0.2) is 25.3 Å². The van der Waals surface area contributed by atoms with Gasteiger partial charge in [0.15, 0.2) is 0 Å². The molecule has 112 valence electrons. The van der Waals surface area contributed by atoms with Gasteiger partial charge in [-0.2, -0.15) is 9.57 Å². The summed E-state index contributed by atoms with van der Waals surface area (Å²) >= 11 is 0. The Bertz CT molecular complexity index is 646. The molecule has 0 N–H and O–H groups in total. The fourth-order valence-electron chi connectivity index (χ4n) is 3.72. The van der Waals surface area contributed by atoms with E-state index in [1.165, 1.54) is 12.8 Å². The summed E-state index contributed by atoms with van der Waals surface area (Å²) in [7, 11) is -3.26. The number of hydrogen-bond donors (Lipinski definition) is 0. The summed E-state index contributed by atoms with van der Waals surface area (Å²) < 4.78 is 27.2. The number of hydrogen-bond acceptors (Lipinski definition) is 3. The predicted octanol–water partition coefficient (Wildman–Crippen LogP) is 2.65. The topological polar surface area (TPSA) is 61.2 Å². The zero-order valence-corrected chi connectivity index (χ0v) is 12.8. The minimum Gasteiger partial charge on any atom is -0.212 e. The van der Waals surface area contributed by atoms with Crippen LogP contribution < -0.4 is 0 Å². The molecular weight excluding hydrogens is 284 g/mol. The van der Waals surface area contributed by atoms with Gasteiger partial charge in [0.25, 0.3) is 0 Å². The van der Waals surface area contributed by atoms with E-state index in [0.29, 0.717) is 18.0 Å². The van der Waals surface area contributed by atoms with E-state index in [9.17, 15) is 8.42 Å². The first-order chi connectivity index (χ1) is 10.1. The van der Waals surface area contributed by atoms with Gasteiger partial charge in [0, 0.05) is 12.6 Å². The van der Waals surface area contributed by atoms with Gasteiger partial charge >= 0.3 is 0 Å². The standard InChI is InChI=1S/C16H20N2O2S/c17-11-13-6-8-14(9-7-13)12-21(19,20)18-10-2-4-15-3-1-5-16(15)18/h6-9,15-16H,1-5,10,12H2. The van der Waals surface area contributed by atoms with E-state index in [1.54, 1.807) is 28.6 Å². The van der Waals surface area contributed by atoms with Crippen molar-refractivity contribution in [1.29, 1.82) is 5.26 Å². The van der Waals surface area contributed by atoms with Crippen molar-refractivity contribution in [2.24, 2.45) is 5.92 Å². The smallest absolute Gasteiger partial charge is 0.212 e. The summed E-state index contributed by atoms with van der Waals surface area (Å²) in [5, 5.41) is 8.79. The number of sulfonamides is 1. The van der Waals surface area contributed by atoms with Crippen LogP contribution in [0.5, 0.6) is 0 Å². The van der Waals surface area contributed by atoms with Crippen molar-refractivity contribution in [3.63, 3.8) is 0 Å². The lowest BCUT2D eigenvalue weighted by molar-refractivity contribution is 0.202. The molecule has 1 aliphatic carbocycles. The van der Waals surface area contributed by atoms with Gasteiger partial charge in [-0.1, -0.05) is 18.6 Å². The normalized spacial score (nSPS) is 26.2. The Morgan fingerprint density at radius 2 is 1.86 bits per heavy atom. The quantitative estimate of drug-likeness (QED) is 0.862. The molecule has 1 aromatic rings. The zero-order chi connectivity index (χ0) is 14.9. The molecule has 1 aromatic carbocycles. The predicted molar refractivity (Wildman–Crippen MR) is 80.8 cm³/mol. The molecule has 0 amide bonds. The van der Waals surface area contributed by atoms with Crippen LogP contribution in [0.15, 0.2) is 24.3 Å². The summed E-state index contributed by atoms with van der Waals surface area (Å²) in [6, 6.07) is 9.12. The maximum atomic E-state index is 12.7. The van der Waals surface area contributed by atoms with E-state index in [1.807, 2.05) is 0 Å². The van der Waals surface area contributed by atoms with Crippen molar-refractivity contribution in [1.82, 2.24) is 4.31 Å². The number of piperidine rings is 1. The summed E-state index contributed by atoms with van der Waals surface area (Å²) in [6.45, 7) is 0.666. The second kappa shape index (κ2) is 5.78. The van der Waals surface area contributed by atoms with Gasteiger partial charge in [-0.15, -0.1) is 0 Å². The van der Waals surface area contributed by atoms with Crippen LogP contribution in [-0.2, 0) is 15.8 Å². The molecule has 4 nitrogen and oxygen atoms in total. The molecule has 1 heterocycles. The SMILES string of the molecule is N#Cc1ccc(CS(=O)(=O)N2CCCC3CCCC32)cc1. The van der Waals surface area contributed by atoms with Crippen LogP contribution >= 0.6 is 0 Å². The van der Waals surface area contributed by atoms with Crippen LogP contribution in [0.1, 0.15) is 43.2 Å². The van der Waals surface area contributed by atoms with Crippen LogP contribution in [0.25, 0.3) is 0 Å². The third-order valence-electron chi connectivity index (χ3n) is 4.73. The van der Waals surface area contributed by atoms with E-state index in [-0.39, 0.29) is 11.8 Å². The number of benzene rings is 1. The highest BCUT2D eigenvalue weighted by Crippen LogP contribution is 2.38. The third-order valence-corrected chi connectivity index (χ3v) is 6.60. The average molecular weight is 304 g/mol. The molecule has 2 atom stereocenters. The van der Waals surface area contributed by atoms with Gasteiger partial charge in [0.2, 0.25) is 10.0 Å². The second-order valence-corrected chi connectivity index (χ2v) is 8.00. The van der Waals surface area contributed by atoms with Crippen LogP contribution in [0, 0.1) is 17.2 Å². The molecule has 2 fully saturated rings. The summed E-state index contributed by atoms with van der Waals surface area (Å²) in [6.07, 6.45) is 5.49. The van der Waals surface area contributed by atoms with Gasteiger partial charge in [-0.05, 0) is 49.3 Å². The first-order valence-electron chi connectivity index (χ1n) is 7.59. The van der Waals surface area contributed by atoms with E-state index >= 15 is 0 Å². The average Bonchev–Trinajstić information content (AvgIpc) is 2.95. The molecule has 0 bridgehead atoms. The molecule has 5 heteroatoms. The molecule has 0 radical (unpaired) electrons. The fraction of sp³-hybridized carbons (Fsp3) is 0.562. The van der Waals surface area contributed by atoms with Gasteiger partial charge in [-0.25, -0.2) is 8.42 Å². The van der Waals surface area contributed by atoms with Crippen LogP contribution in [0.3, 0.4) is 0 Å². The maximum Gasteiger partial charge on any atom is 0.218 e. The Hall–Kier alpha value is -1.38. The molecular formula is C16H20N2O2S. The molecule has 2 unspecified atom stereocenters. The van der Waals surface area contributed by atoms with Gasteiger partial charge < -0.3 is 0 Å². The third kappa shape index (κ3) is 2.97. The molecule has 21 heavy (non-hydrogen) atoms. The Balaban J connectivity index is 1.78. The molecule has 2 aliphatic rings. The summed E-state index contributed by atoms with van der Waals surface area (Å²) in [4.78, 5) is 0. The van der Waals surface area contributed by atoms with Crippen molar-refractivity contribution in [3.05, 3.63) is 35.4 Å². The van der Waals surface area contributed by atoms with Crippen molar-refractivity contribution >= 4 is 10.0 Å². The van der Waals surface area contributed by atoms with Gasteiger partial charge in [0.05, 0.1) is 17.4 Å². The van der Waals surface area contributed by atoms with Crippen LogP contribution in [0.2, 0.25) is 0 Å². The van der Waals surface area contributed by atoms with E-state index < -0.39 is 10.0 Å². The van der Waals surface area contributed by atoms with Crippen LogP contribution in [0.4, 0.5) is 0 Å². The van der Waals surface area contributed by atoms with E-state index in [4.69, 9.17) is 5.26 Å². The Morgan fingerprint density at radius 1 is 1.14 bits per heavy atom. The summed E-state index contributed by atoms with van der Waals surface area (Å²) in [5.74, 6) is 0.608. The number of rotatable bonds is 3. The lowest BCUT2D eigenvalue weighted by Gasteiger charge is -2.36. The van der Waals surface area contributed by atoms with E-state index in [2.05, 4.69) is 6.07 Å². The molecule has 1 aliphatic heterocycles. The highest BCUT2D eigenvalue weighted by molar-refractivity contribution is 7.88.